The number of thioether (sulfide) groups is 1. The highest BCUT2D eigenvalue weighted by atomic mass is 32.2. The molecule has 2 aliphatic rings. The van der Waals surface area contributed by atoms with Crippen molar-refractivity contribution in [2.45, 2.75) is 43.4 Å². The maximum absolute atomic E-state index is 12.7. The van der Waals surface area contributed by atoms with Crippen LogP contribution in [-0.4, -0.2) is 35.7 Å². The number of hydrogen-bond acceptors (Lipinski definition) is 3. The van der Waals surface area contributed by atoms with Gasteiger partial charge in [-0.05, 0) is 23.6 Å². The Morgan fingerprint density at radius 2 is 2.25 bits per heavy atom. The van der Waals surface area contributed by atoms with E-state index in [-0.39, 0.29) is 11.9 Å². The minimum absolute atomic E-state index is 0.234. The molecule has 1 N–H and O–H groups in total. The smallest absolute Gasteiger partial charge is 0.255 e. The molecular formula is C16H22N2OS. The molecular weight excluding hydrogens is 268 g/mol. The van der Waals surface area contributed by atoms with Crippen molar-refractivity contribution in [2.75, 3.05) is 19.6 Å². The van der Waals surface area contributed by atoms with Gasteiger partial charge in [-0.2, -0.15) is 0 Å². The number of carbonyl (C=O) groups excluding carboxylic acids is 1. The third-order valence-electron chi connectivity index (χ3n) is 4.04. The van der Waals surface area contributed by atoms with Crippen LogP contribution < -0.4 is 5.32 Å². The lowest BCUT2D eigenvalue weighted by molar-refractivity contribution is 0.0688. The van der Waals surface area contributed by atoms with Gasteiger partial charge in [-0.3, -0.25) is 4.79 Å². The van der Waals surface area contributed by atoms with Crippen molar-refractivity contribution in [3.05, 3.63) is 28.8 Å². The SMILES string of the molecule is CCc1cc(SC(C)C)c2c(c1)[C@@H]1CNCCN1C2=O. The molecule has 2 aliphatic heterocycles. The van der Waals surface area contributed by atoms with Gasteiger partial charge >= 0.3 is 0 Å². The van der Waals surface area contributed by atoms with Gasteiger partial charge in [0.1, 0.15) is 0 Å². The van der Waals surface area contributed by atoms with E-state index >= 15 is 0 Å². The van der Waals surface area contributed by atoms with Gasteiger partial charge in [0.25, 0.3) is 5.91 Å². The van der Waals surface area contributed by atoms with Gasteiger partial charge in [-0.15, -0.1) is 11.8 Å². The summed E-state index contributed by atoms with van der Waals surface area (Å²) in [5.41, 5.74) is 3.55. The summed E-state index contributed by atoms with van der Waals surface area (Å²) in [6, 6.07) is 4.70. The van der Waals surface area contributed by atoms with Gasteiger partial charge in [0, 0.05) is 29.8 Å². The summed E-state index contributed by atoms with van der Waals surface area (Å²) in [5, 5.41) is 3.91. The third-order valence-corrected chi connectivity index (χ3v) is 5.09. The van der Waals surface area contributed by atoms with Crippen molar-refractivity contribution in [2.24, 2.45) is 0 Å². The van der Waals surface area contributed by atoms with E-state index in [9.17, 15) is 4.79 Å². The third kappa shape index (κ3) is 2.25. The van der Waals surface area contributed by atoms with Crippen LogP contribution in [0, 0.1) is 0 Å². The first kappa shape index (κ1) is 14.0. The van der Waals surface area contributed by atoms with E-state index in [1.165, 1.54) is 16.0 Å². The van der Waals surface area contributed by atoms with Crippen LogP contribution in [0.2, 0.25) is 0 Å². The van der Waals surface area contributed by atoms with Crippen molar-refractivity contribution in [1.29, 1.82) is 0 Å². The van der Waals surface area contributed by atoms with Gasteiger partial charge in [0.05, 0.1) is 11.6 Å². The van der Waals surface area contributed by atoms with Crippen molar-refractivity contribution in [1.82, 2.24) is 10.2 Å². The van der Waals surface area contributed by atoms with Gasteiger partial charge in [0.15, 0.2) is 0 Å². The zero-order valence-electron chi connectivity index (χ0n) is 12.4. The summed E-state index contributed by atoms with van der Waals surface area (Å²) in [7, 11) is 0. The Bertz CT molecular complexity index is 542. The summed E-state index contributed by atoms with van der Waals surface area (Å²) in [6.07, 6.45) is 1.02. The normalized spacial score (nSPS) is 21.3. The number of benzene rings is 1. The average molecular weight is 290 g/mol. The van der Waals surface area contributed by atoms with E-state index in [0.717, 1.165) is 31.6 Å². The van der Waals surface area contributed by atoms with E-state index in [1.807, 2.05) is 16.7 Å². The topological polar surface area (TPSA) is 32.3 Å². The molecule has 0 radical (unpaired) electrons. The molecule has 0 bridgehead atoms. The zero-order valence-corrected chi connectivity index (χ0v) is 13.2. The molecule has 1 aromatic carbocycles. The molecule has 3 nitrogen and oxygen atoms in total. The second-order valence-electron chi connectivity index (χ2n) is 5.80. The van der Waals surface area contributed by atoms with Gasteiger partial charge in [-0.1, -0.05) is 26.8 Å². The number of carbonyl (C=O) groups is 1. The summed E-state index contributed by atoms with van der Waals surface area (Å²) in [6.45, 7) is 9.17. The number of aryl methyl sites for hydroxylation is 1. The number of fused-ring (bicyclic) bond motifs is 3. The molecule has 1 atom stereocenters. The Kier molecular flexibility index (Phi) is 3.78. The Morgan fingerprint density at radius 3 is 2.95 bits per heavy atom. The van der Waals surface area contributed by atoms with E-state index in [2.05, 4.69) is 38.2 Å². The Hall–Kier alpha value is -1.00. The van der Waals surface area contributed by atoms with Crippen LogP contribution in [0.1, 0.15) is 48.3 Å². The zero-order chi connectivity index (χ0) is 14.3. The fourth-order valence-corrected chi connectivity index (χ4v) is 4.16. The van der Waals surface area contributed by atoms with Crippen LogP contribution in [-0.2, 0) is 6.42 Å². The van der Waals surface area contributed by atoms with Crippen molar-refractivity contribution < 1.29 is 4.79 Å². The van der Waals surface area contributed by atoms with Gasteiger partial charge < -0.3 is 10.2 Å². The largest absolute Gasteiger partial charge is 0.329 e. The molecule has 3 rings (SSSR count). The molecule has 0 saturated carbocycles. The molecule has 0 aromatic heterocycles. The molecule has 0 spiro atoms. The molecule has 4 heteroatoms. The molecule has 0 unspecified atom stereocenters. The Morgan fingerprint density at radius 1 is 1.45 bits per heavy atom. The first-order chi connectivity index (χ1) is 9.61. The van der Waals surface area contributed by atoms with Crippen LogP contribution in [0.5, 0.6) is 0 Å². The summed E-state index contributed by atoms with van der Waals surface area (Å²) >= 11 is 1.81. The van der Waals surface area contributed by atoms with Crippen LogP contribution in [0.4, 0.5) is 0 Å². The van der Waals surface area contributed by atoms with E-state index in [1.54, 1.807) is 0 Å². The average Bonchev–Trinajstić information content (AvgIpc) is 2.72. The van der Waals surface area contributed by atoms with Crippen LogP contribution >= 0.6 is 11.8 Å². The monoisotopic (exact) mass is 290 g/mol. The van der Waals surface area contributed by atoms with Crippen molar-refractivity contribution >= 4 is 17.7 Å². The van der Waals surface area contributed by atoms with Crippen molar-refractivity contribution in [3.63, 3.8) is 0 Å². The lowest BCUT2D eigenvalue weighted by atomic mass is 9.99. The molecule has 1 saturated heterocycles. The number of nitrogens with zero attached hydrogens (tertiary/aromatic N) is 1. The number of hydrogen-bond donors (Lipinski definition) is 1. The quantitative estimate of drug-likeness (QED) is 0.869. The van der Waals surface area contributed by atoms with Crippen LogP contribution in [0.25, 0.3) is 0 Å². The summed E-state index contributed by atoms with van der Waals surface area (Å²) < 4.78 is 0. The molecule has 1 fully saturated rings. The number of rotatable bonds is 3. The fraction of sp³-hybridized carbons (Fsp3) is 0.562. The second kappa shape index (κ2) is 5.41. The first-order valence-electron chi connectivity index (χ1n) is 7.47. The molecule has 108 valence electrons. The van der Waals surface area contributed by atoms with E-state index in [0.29, 0.717) is 5.25 Å². The molecule has 2 heterocycles. The number of nitrogens with one attached hydrogen (secondary N) is 1. The van der Waals surface area contributed by atoms with Gasteiger partial charge in [-0.25, -0.2) is 0 Å². The lowest BCUT2D eigenvalue weighted by Gasteiger charge is -2.30. The number of amides is 1. The molecule has 1 amide bonds. The first-order valence-corrected chi connectivity index (χ1v) is 8.35. The standard InChI is InChI=1S/C16H22N2OS/c1-4-11-7-12-13-9-17-5-6-18(13)16(19)15(12)14(8-11)20-10(2)3/h7-8,10,13,17H,4-6,9H2,1-3H3/t13-/m0/s1. The maximum atomic E-state index is 12.7. The van der Waals surface area contributed by atoms with E-state index < -0.39 is 0 Å². The van der Waals surface area contributed by atoms with Crippen LogP contribution in [0.15, 0.2) is 17.0 Å². The maximum Gasteiger partial charge on any atom is 0.255 e. The van der Waals surface area contributed by atoms with Gasteiger partial charge in [0.2, 0.25) is 0 Å². The summed E-state index contributed by atoms with van der Waals surface area (Å²) in [5.74, 6) is 0.234. The highest BCUT2D eigenvalue weighted by Crippen LogP contribution is 2.41. The fourth-order valence-electron chi connectivity index (χ4n) is 3.11. The highest BCUT2D eigenvalue weighted by molar-refractivity contribution is 8.00. The molecule has 1 aromatic rings. The minimum Gasteiger partial charge on any atom is -0.329 e. The summed E-state index contributed by atoms with van der Waals surface area (Å²) in [4.78, 5) is 15.9. The highest BCUT2D eigenvalue weighted by Gasteiger charge is 2.39. The van der Waals surface area contributed by atoms with E-state index in [4.69, 9.17) is 0 Å². The predicted molar refractivity (Wildman–Crippen MR) is 83.5 cm³/mol. The van der Waals surface area contributed by atoms with Crippen molar-refractivity contribution in [3.8, 4) is 0 Å². The molecule has 0 aliphatic carbocycles. The number of piperazine rings is 1. The van der Waals surface area contributed by atoms with Crippen LogP contribution in [0.3, 0.4) is 0 Å². The second-order valence-corrected chi connectivity index (χ2v) is 7.42. The lowest BCUT2D eigenvalue weighted by Crippen LogP contribution is -2.44. The Labute approximate surface area is 125 Å². The predicted octanol–water partition coefficient (Wildman–Crippen LogP) is 2.85. The minimum atomic E-state index is 0.234. The molecule has 20 heavy (non-hydrogen) atoms. The Balaban J connectivity index is 2.10.